The minimum absolute atomic E-state index is 0.247. The Morgan fingerprint density at radius 3 is 2.46 bits per heavy atom. The van der Waals surface area contributed by atoms with Gasteiger partial charge in [-0.15, -0.1) is 0 Å². The molecule has 0 saturated carbocycles. The van der Waals surface area contributed by atoms with E-state index in [9.17, 15) is 0 Å². The number of allylic oxidation sites excluding steroid dienone is 2. The van der Waals surface area contributed by atoms with Crippen molar-refractivity contribution in [1.82, 2.24) is 4.90 Å². The maximum Gasteiger partial charge on any atom is 0.212 e. The first-order chi connectivity index (χ1) is 20.2. The lowest BCUT2D eigenvalue weighted by Crippen LogP contribution is -2.39. The van der Waals surface area contributed by atoms with E-state index in [-0.39, 0.29) is 6.04 Å². The van der Waals surface area contributed by atoms with Crippen LogP contribution >= 0.6 is 23.4 Å². The molecule has 4 heteroatoms. The van der Waals surface area contributed by atoms with Crippen LogP contribution in [0.3, 0.4) is 0 Å². The summed E-state index contributed by atoms with van der Waals surface area (Å²) < 4.78 is 2.49. The van der Waals surface area contributed by atoms with Crippen LogP contribution in [0.4, 0.5) is 0 Å². The van der Waals surface area contributed by atoms with Gasteiger partial charge in [0.15, 0.2) is 6.54 Å². The van der Waals surface area contributed by atoms with E-state index in [1.165, 1.54) is 43.5 Å². The second-order valence-electron chi connectivity index (χ2n) is 10.8. The SMILES string of the molecule is ClC1=CC2C(C=C1)SC(=Cc1ccc3ccccc3[n+]1CCc1ccccc1)N2CCc1cccc2ccccc12. The Hall–Kier alpha value is -3.79. The molecule has 1 aliphatic carbocycles. The third kappa shape index (κ3) is 5.45. The van der Waals surface area contributed by atoms with Crippen molar-refractivity contribution in [1.29, 1.82) is 0 Å². The summed E-state index contributed by atoms with van der Waals surface area (Å²) in [4.78, 5) is 2.57. The van der Waals surface area contributed by atoms with Crippen LogP contribution < -0.4 is 4.57 Å². The highest BCUT2D eigenvalue weighted by molar-refractivity contribution is 8.04. The van der Waals surface area contributed by atoms with Crippen molar-refractivity contribution < 1.29 is 4.57 Å². The molecule has 1 aromatic heterocycles. The van der Waals surface area contributed by atoms with Crippen molar-refractivity contribution in [2.75, 3.05) is 6.54 Å². The maximum atomic E-state index is 6.56. The van der Waals surface area contributed by atoms with Crippen molar-refractivity contribution >= 4 is 51.1 Å². The van der Waals surface area contributed by atoms with Crippen molar-refractivity contribution in [3.63, 3.8) is 0 Å². The standard InChI is InChI=1S/C37H32ClN2S/c38-31-18-20-36-35(25-31)40(24-22-29-14-8-13-28-11-4-6-15-33(28)29)37(41-36)26-32-19-17-30-12-5-7-16-34(30)39(32)23-21-27-9-2-1-3-10-27/h1-20,25-26,35-36H,21-24H2/q+1. The van der Waals surface area contributed by atoms with Gasteiger partial charge in [0.05, 0.1) is 16.3 Å². The van der Waals surface area contributed by atoms with E-state index in [1.807, 2.05) is 11.8 Å². The lowest BCUT2D eigenvalue weighted by Gasteiger charge is -2.28. The van der Waals surface area contributed by atoms with Crippen LogP contribution in [-0.4, -0.2) is 22.7 Å². The highest BCUT2D eigenvalue weighted by Crippen LogP contribution is 2.43. The Bertz CT molecular complexity index is 1800. The average molecular weight is 572 g/mol. The minimum atomic E-state index is 0.247. The van der Waals surface area contributed by atoms with Crippen LogP contribution in [0.25, 0.3) is 27.8 Å². The number of pyridine rings is 1. The molecule has 0 bridgehead atoms. The van der Waals surface area contributed by atoms with Crippen LogP contribution in [0.1, 0.15) is 16.8 Å². The first kappa shape index (κ1) is 26.1. The van der Waals surface area contributed by atoms with Crippen LogP contribution in [0, 0.1) is 0 Å². The molecule has 202 valence electrons. The summed E-state index contributed by atoms with van der Waals surface area (Å²) in [6.45, 7) is 1.85. The van der Waals surface area contributed by atoms with E-state index >= 15 is 0 Å². The summed E-state index contributed by atoms with van der Waals surface area (Å²) in [7, 11) is 0. The molecule has 5 aromatic rings. The molecule has 41 heavy (non-hydrogen) atoms. The van der Waals surface area contributed by atoms with E-state index in [2.05, 4.69) is 143 Å². The molecule has 7 rings (SSSR count). The number of fused-ring (bicyclic) bond motifs is 3. The molecule has 1 fully saturated rings. The van der Waals surface area contributed by atoms with E-state index in [4.69, 9.17) is 11.6 Å². The number of hydrogen-bond acceptors (Lipinski definition) is 2. The van der Waals surface area contributed by atoms with Gasteiger partial charge in [-0.1, -0.05) is 114 Å². The number of thioether (sulfide) groups is 1. The molecular formula is C37H32ClN2S+. The second-order valence-corrected chi connectivity index (χ2v) is 12.4. The minimum Gasteiger partial charge on any atom is -0.358 e. The number of benzene rings is 4. The van der Waals surface area contributed by atoms with Gasteiger partial charge < -0.3 is 4.90 Å². The lowest BCUT2D eigenvalue weighted by atomic mass is 10.0. The van der Waals surface area contributed by atoms with Crippen molar-refractivity contribution in [2.45, 2.75) is 30.7 Å². The number of para-hydroxylation sites is 1. The van der Waals surface area contributed by atoms with Crippen LogP contribution in [0.15, 0.2) is 137 Å². The van der Waals surface area contributed by atoms with Gasteiger partial charge in [-0.25, -0.2) is 0 Å². The zero-order valence-corrected chi connectivity index (χ0v) is 24.4. The molecule has 2 aliphatic rings. The van der Waals surface area contributed by atoms with Gasteiger partial charge in [0.2, 0.25) is 11.2 Å². The molecule has 0 spiro atoms. The fourth-order valence-electron chi connectivity index (χ4n) is 6.14. The number of hydrogen-bond donors (Lipinski definition) is 0. The number of nitrogens with zero attached hydrogens (tertiary/aromatic N) is 2. The third-order valence-corrected chi connectivity index (χ3v) is 9.78. The summed E-state index contributed by atoms with van der Waals surface area (Å²) in [5.41, 5.74) is 5.24. The zero-order valence-electron chi connectivity index (χ0n) is 22.9. The first-order valence-corrected chi connectivity index (χ1v) is 15.6. The van der Waals surface area contributed by atoms with Crippen molar-refractivity contribution in [2.24, 2.45) is 0 Å². The Balaban J connectivity index is 1.26. The number of aromatic nitrogens is 1. The summed E-state index contributed by atoms with van der Waals surface area (Å²) in [5, 5.41) is 6.39. The molecule has 0 N–H and O–H groups in total. The Morgan fingerprint density at radius 2 is 1.56 bits per heavy atom. The van der Waals surface area contributed by atoms with E-state index in [0.717, 1.165) is 31.0 Å². The van der Waals surface area contributed by atoms with Gasteiger partial charge in [-0.05, 0) is 52.6 Å². The molecular weight excluding hydrogens is 540 g/mol. The largest absolute Gasteiger partial charge is 0.358 e. The zero-order chi connectivity index (χ0) is 27.6. The summed E-state index contributed by atoms with van der Waals surface area (Å²) in [6, 6.07) is 39.6. The second kappa shape index (κ2) is 11.6. The van der Waals surface area contributed by atoms with Crippen LogP contribution in [0.2, 0.25) is 0 Å². The van der Waals surface area contributed by atoms with E-state index in [1.54, 1.807) is 0 Å². The molecule has 1 saturated heterocycles. The van der Waals surface area contributed by atoms with E-state index in [0.29, 0.717) is 5.25 Å². The molecule has 2 nitrogen and oxygen atoms in total. The number of aryl methyl sites for hydroxylation is 2. The number of halogens is 1. The van der Waals surface area contributed by atoms with Gasteiger partial charge in [0.1, 0.15) is 0 Å². The maximum absolute atomic E-state index is 6.56. The van der Waals surface area contributed by atoms with Crippen molar-refractivity contribution in [3.05, 3.63) is 154 Å². The average Bonchev–Trinajstić information content (AvgIpc) is 3.35. The molecule has 2 heterocycles. The van der Waals surface area contributed by atoms with Gasteiger partial charge >= 0.3 is 0 Å². The predicted molar refractivity (Wildman–Crippen MR) is 175 cm³/mol. The Kier molecular flexibility index (Phi) is 7.39. The molecule has 0 amide bonds. The van der Waals surface area contributed by atoms with Crippen molar-refractivity contribution in [3.8, 4) is 0 Å². The normalized spacial score (nSPS) is 19.2. The quantitative estimate of drug-likeness (QED) is 0.181. The Morgan fingerprint density at radius 1 is 0.780 bits per heavy atom. The molecule has 2 atom stereocenters. The smallest absolute Gasteiger partial charge is 0.212 e. The Labute approximate surface area is 251 Å². The molecule has 2 unspecified atom stereocenters. The summed E-state index contributed by atoms with van der Waals surface area (Å²) in [5.74, 6) is 0. The highest BCUT2D eigenvalue weighted by atomic mass is 35.5. The predicted octanol–water partition coefficient (Wildman–Crippen LogP) is 8.54. The van der Waals surface area contributed by atoms with Crippen LogP contribution in [0.5, 0.6) is 0 Å². The monoisotopic (exact) mass is 571 g/mol. The molecule has 0 radical (unpaired) electrons. The van der Waals surface area contributed by atoms with Gasteiger partial charge in [-0.2, -0.15) is 4.57 Å². The fraction of sp³-hybridized carbons (Fsp3) is 0.162. The van der Waals surface area contributed by atoms with Crippen LogP contribution in [-0.2, 0) is 19.4 Å². The first-order valence-electron chi connectivity index (χ1n) is 14.4. The number of rotatable bonds is 7. The third-order valence-electron chi connectivity index (χ3n) is 8.22. The summed E-state index contributed by atoms with van der Waals surface area (Å²) >= 11 is 8.51. The van der Waals surface area contributed by atoms with E-state index < -0.39 is 0 Å². The van der Waals surface area contributed by atoms with Gasteiger partial charge in [0.25, 0.3) is 0 Å². The van der Waals surface area contributed by atoms with Gasteiger partial charge in [-0.3, -0.25) is 0 Å². The van der Waals surface area contributed by atoms with Gasteiger partial charge in [0, 0.05) is 41.6 Å². The summed E-state index contributed by atoms with van der Waals surface area (Å²) in [6.07, 6.45) is 10.9. The molecule has 1 aliphatic heterocycles. The topological polar surface area (TPSA) is 7.12 Å². The fourth-order valence-corrected chi connectivity index (χ4v) is 7.68. The molecule has 4 aromatic carbocycles. The lowest BCUT2D eigenvalue weighted by molar-refractivity contribution is -0.672. The highest BCUT2D eigenvalue weighted by Gasteiger charge is 2.37.